The van der Waals surface area contributed by atoms with Gasteiger partial charge in [0.2, 0.25) is 0 Å². The minimum absolute atomic E-state index is 0.00941. The molecule has 1 aromatic carbocycles. The first-order valence-electron chi connectivity index (χ1n) is 10.9. The molecule has 0 aliphatic heterocycles. The molecule has 0 spiro atoms. The minimum atomic E-state index is -0.862. The molecule has 2 fully saturated rings. The highest BCUT2D eigenvalue weighted by Gasteiger charge is 2.41. The van der Waals surface area contributed by atoms with Crippen molar-refractivity contribution in [3.05, 3.63) is 42.1 Å². The number of aromatic nitrogens is 1. The van der Waals surface area contributed by atoms with Gasteiger partial charge < -0.3 is 10.0 Å². The number of carbonyl (C=O) groups is 2. The van der Waals surface area contributed by atoms with Gasteiger partial charge in [-0.25, -0.2) is 9.78 Å². The van der Waals surface area contributed by atoms with Crippen LogP contribution in [0, 0.1) is 11.8 Å². The number of carboxylic acids is 1. The number of nitrogens with zero attached hydrogens (tertiary/aromatic N) is 2. The molecule has 166 valence electrons. The Labute approximate surface area is 191 Å². The van der Waals surface area contributed by atoms with E-state index in [1.807, 2.05) is 11.0 Å². The lowest BCUT2D eigenvalue weighted by Gasteiger charge is -2.36. The summed E-state index contributed by atoms with van der Waals surface area (Å²) in [6.45, 7) is 3.06. The van der Waals surface area contributed by atoms with Crippen LogP contribution in [-0.2, 0) is 4.79 Å². The summed E-state index contributed by atoms with van der Waals surface area (Å²) in [6, 6.07) is 10.8. The maximum Gasteiger partial charge on any atom is 0.323 e. The van der Waals surface area contributed by atoms with Gasteiger partial charge in [0.05, 0.1) is 16.2 Å². The zero-order valence-corrected chi connectivity index (χ0v) is 19.3. The highest BCUT2D eigenvalue weighted by molar-refractivity contribution is 8.01. The molecule has 0 bridgehead atoms. The predicted molar refractivity (Wildman–Crippen MR) is 125 cm³/mol. The number of aliphatic carboxylic acids is 1. The molecular formula is C23H29N3O3S2. The van der Waals surface area contributed by atoms with E-state index in [2.05, 4.69) is 41.5 Å². The summed E-state index contributed by atoms with van der Waals surface area (Å²) < 4.78 is 0.794. The first kappa shape index (κ1) is 22.1. The van der Waals surface area contributed by atoms with Crippen LogP contribution in [0.25, 0.3) is 0 Å². The molecule has 31 heavy (non-hydrogen) atoms. The number of thiazole rings is 1. The first-order chi connectivity index (χ1) is 15.0. The lowest BCUT2D eigenvalue weighted by atomic mass is 9.86. The summed E-state index contributed by atoms with van der Waals surface area (Å²) in [5.41, 5.74) is 1.37. The Bertz CT molecular complexity index is 896. The summed E-state index contributed by atoms with van der Waals surface area (Å²) in [4.78, 5) is 30.3. The summed E-state index contributed by atoms with van der Waals surface area (Å²) >= 11 is 2.55. The average molecular weight is 460 g/mol. The van der Waals surface area contributed by atoms with E-state index < -0.39 is 5.97 Å². The number of carboxylic acid groups (broad SMARTS) is 1. The molecule has 6 nitrogen and oxygen atoms in total. The molecule has 0 radical (unpaired) electrons. The van der Waals surface area contributed by atoms with Gasteiger partial charge >= 0.3 is 12.0 Å². The highest BCUT2D eigenvalue weighted by atomic mass is 32.2. The van der Waals surface area contributed by atoms with Crippen molar-refractivity contribution in [2.75, 3.05) is 17.6 Å². The fourth-order valence-electron chi connectivity index (χ4n) is 4.44. The van der Waals surface area contributed by atoms with Gasteiger partial charge in [-0.1, -0.05) is 48.6 Å². The minimum Gasteiger partial charge on any atom is -0.481 e. The van der Waals surface area contributed by atoms with Crippen LogP contribution in [0.15, 0.2) is 40.7 Å². The number of anilines is 1. The number of thioether (sulfide) groups is 1. The maximum absolute atomic E-state index is 13.3. The molecule has 8 heteroatoms. The van der Waals surface area contributed by atoms with Crippen molar-refractivity contribution in [1.29, 1.82) is 0 Å². The summed E-state index contributed by atoms with van der Waals surface area (Å²) in [5, 5.41) is 12.4. The largest absolute Gasteiger partial charge is 0.481 e. The normalized spacial score (nSPS) is 25.1. The molecule has 2 aromatic rings. The Kier molecular flexibility index (Phi) is 7.17. The molecule has 2 amide bonds. The Morgan fingerprint density at radius 2 is 1.97 bits per heavy atom. The number of hydrogen-bond donors (Lipinski definition) is 2. The summed E-state index contributed by atoms with van der Waals surface area (Å²) in [6.07, 6.45) is 7.18. The second-order valence-electron chi connectivity index (χ2n) is 8.68. The lowest BCUT2D eigenvalue weighted by Crippen LogP contribution is -2.45. The zero-order valence-electron chi connectivity index (χ0n) is 17.7. The van der Waals surface area contributed by atoms with Gasteiger partial charge in [-0.15, -0.1) is 11.8 Å². The molecule has 2 aliphatic carbocycles. The number of nitrogens with one attached hydrogen (secondary N) is 1. The van der Waals surface area contributed by atoms with Crippen molar-refractivity contribution in [2.45, 2.75) is 55.2 Å². The Morgan fingerprint density at radius 3 is 2.68 bits per heavy atom. The zero-order chi connectivity index (χ0) is 21.8. The Balaban J connectivity index is 1.40. The number of rotatable bonds is 8. The molecule has 2 unspecified atom stereocenters. The van der Waals surface area contributed by atoms with Gasteiger partial charge in [0.15, 0.2) is 5.13 Å². The van der Waals surface area contributed by atoms with E-state index in [0.29, 0.717) is 17.0 Å². The monoisotopic (exact) mass is 459 g/mol. The quantitative estimate of drug-likeness (QED) is 0.507. The molecule has 0 saturated heterocycles. The van der Waals surface area contributed by atoms with Gasteiger partial charge in [-0.2, -0.15) is 0 Å². The van der Waals surface area contributed by atoms with Crippen molar-refractivity contribution in [3.63, 3.8) is 0 Å². The standard InChI is InChI=1S/C23H29N3O3S2/c1-15-7-9-18(10-8-15)26(13-17-11-19(17)16-5-3-2-4-6-16)23(29)25-22-24-12-21(31-22)30-14-20(27)28/h2-6,12,15,17-19H,7-11,13-14H2,1H3,(H,27,28)(H,24,25,29). The van der Waals surface area contributed by atoms with Gasteiger partial charge in [-0.3, -0.25) is 10.1 Å². The number of amides is 2. The third kappa shape index (κ3) is 6.01. The van der Waals surface area contributed by atoms with E-state index in [9.17, 15) is 9.59 Å². The molecule has 2 N–H and O–H groups in total. The molecule has 2 atom stereocenters. The van der Waals surface area contributed by atoms with E-state index in [-0.39, 0.29) is 17.8 Å². The third-order valence-electron chi connectivity index (χ3n) is 6.30. The van der Waals surface area contributed by atoms with Gasteiger partial charge in [0.1, 0.15) is 0 Å². The molecule has 1 heterocycles. The molecular weight excluding hydrogens is 430 g/mol. The molecule has 4 rings (SSSR count). The number of benzene rings is 1. The molecule has 2 aliphatic rings. The average Bonchev–Trinajstić information content (AvgIpc) is 3.40. The van der Waals surface area contributed by atoms with Crippen LogP contribution in [0.2, 0.25) is 0 Å². The number of carbonyl (C=O) groups excluding carboxylic acids is 1. The highest BCUT2D eigenvalue weighted by Crippen LogP contribution is 2.48. The fourth-order valence-corrected chi connectivity index (χ4v) is 6.02. The third-order valence-corrected chi connectivity index (χ3v) is 8.40. The van der Waals surface area contributed by atoms with Crippen LogP contribution >= 0.6 is 23.1 Å². The second kappa shape index (κ2) is 10.0. The predicted octanol–water partition coefficient (Wildman–Crippen LogP) is 5.54. The van der Waals surface area contributed by atoms with Crippen molar-refractivity contribution in [3.8, 4) is 0 Å². The maximum atomic E-state index is 13.3. The van der Waals surface area contributed by atoms with Crippen LogP contribution in [-0.4, -0.2) is 45.3 Å². The van der Waals surface area contributed by atoms with E-state index in [0.717, 1.165) is 48.8 Å². The molecule has 1 aromatic heterocycles. The fraction of sp³-hybridized carbons (Fsp3) is 0.522. The van der Waals surface area contributed by atoms with Crippen LogP contribution < -0.4 is 5.32 Å². The number of urea groups is 1. The van der Waals surface area contributed by atoms with E-state index in [1.54, 1.807) is 6.20 Å². The molecule has 2 saturated carbocycles. The van der Waals surface area contributed by atoms with E-state index in [4.69, 9.17) is 5.11 Å². The van der Waals surface area contributed by atoms with Crippen molar-refractivity contribution in [2.24, 2.45) is 11.8 Å². The summed E-state index contributed by atoms with van der Waals surface area (Å²) in [5.74, 6) is 0.902. The lowest BCUT2D eigenvalue weighted by molar-refractivity contribution is -0.133. The SMILES string of the molecule is CC1CCC(N(CC2CC2c2ccccc2)C(=O)Nc2ncc(SCC(=O)O)s2)CC1. The van der Waals surface area contributed by atoms with Crippen LogP contribution in [0.5, 0.6) is 0 Å². The Hall–Kier alpha value is -2.06. The first-order valence-corrected chi connectivity index (χ1v) is 12.7. The van der Waals surface area contributed by atoms with Crippen molar-refractivity contribution >= 4 is 40.2 Å². The van der Waals surface area contributed by atoms with E-state index >= 15 is 0 Å². The van der Waals surface area contributed by atoms with Crippen LogP contribution in [0.4, 0.5) is 9.93 Å². The summed E-state index contributed by atoms with van der Waals surface area (Å²) in [7, 11) is 0. The van der Waals surface area contributed by atoms with Gasteiger partial charge in [0, 0.05) is 12.6 Å². The van der Waals surface area contributed by atoms with Crippen molar-refractivity contribution in [1.82, 2.24) is 9.88 Å². The smallest absolute Gasteiger partial charge is 0.323 e. The van der Waals surface area contributed by atoms with Crippen molar-refractivity contribution < 1.29 is 14.7 Å². The Morgan fingerprint density at radius 1 is 1.23 bits per heavy atom. The van der Waals surface area contributed by atoms with E-state index in [1.165, 1.54) is 28.7 Å². The van der Waals surface area contributed by atoms with Crippen LogP contribution in [0.3, 0.4) is 0 Å². The topological polar surface area (TPSA) is 82.5 Å². The van der Waals surface area contributed by atoms with Gasteiger partial charge in [0.25, 0.3) is 0 Å². The van der Waals surface area contributed by atoms with Crippen LogP contribution in [0.1, 0.15) is 50.5 Å². The van der Waals surface area contributed by atoms with Gasteiger partial charge in [-0.05, 0) is 55.4 Å². The number of hydrogen-bond acceptors (Lipinski definition) is 5. The second-order valence-corrected chi connectivity index (χ2v) is 11.0.